The molecular formula is C10H9F3N2O6. The minimum atomic E-state index is -5.09. The molecule has 0 radical (unpaired) electrons. The first kappa shape index (κ1) is 16.5. The molecule has 0 spiro atoms. The molecule has 0 N–H and O–H groups in total. The van der Waals surface area contributed by atoms with Gasteiger partial charge in [0.25, 0.3) is 0 Å². The maximum absolute atomic E-state index is 12.2. The lowest BCUT2D eigenvalue weighted by Crippen LogP contribution is -2.19. The number of halogens is 3. The Hall–Kier alpha value is -2.59. The fraction of sp³-hybridized carbons (Fsp3) is 0.400. The van der Waals surface area contributed by atoms with E-state index in [2.05, 4.69) is 14.5 Å². The third-order valence-corrected chi connectivity index (χ3v) is 2.16. The zero-order valence-electron chi connectivity index (χ0n) is 10.8. The highest BCUT2D eigenvalue weighted by Crippen LogP contribution is 2.35. The predicted octanol–water partition coefficient (Wildman–Crippen LogP) is 1.61. The molecule has 0 aliphatic rings. The van der Waals surface area contributed by atoms with Crippen LogP contribution in [0.1, 0.15) is 5.69 Å². The Morgan fingerprint density at radius 3 is 2.48 bits per heavy atom. The molecule has 1 aromatic heterocycles. The van der Waals surface area contributed by atoms with Gasteiger partial charge < -0.3 is 14.2 Å². The van der Waals surface area contributed by atoms with Gasteiger partial charge in [-0.1, -0.05) is 0 Å². The van der Waals surface area contributed by atoms with Crippen LogP contribution >= 0.6 is 0 Å². The van der Waals surface area contributed by atoms with E-state index >= 15 is 0 Å². The molecule has 0 atom stereocenters. The maximum Gasteiger partial charge on any atom is 0.574 e. The average molecular weight is 310 g/mol. The second-order valence-electron chi connectivity index (χ2n) is 3.52. The topological polar surface area (TPSA) is 101 Å². The molecule has 0 saturated carbocycles. The molecule has 0 aromatic carbocycles. The lowest BCUT2D eigenvalue weighted by atomic mass is 10.2. The van der Waals surface area contributed by atoms with Crippen molar-refractivity contribution in [3.05, 3.63) is 21.9 Å². The second kappa shape index (κ2) is 6.24. The summed E-state index contributed by atoms with van der Waals surface area (Å²) in [5.74, 6) is -2.38. The third-order valence-electron chi connectivity index (χ3n) is 2.16. The largest absolute Gasteiger partial charge is 0.574 e. The lowest BCUT2D eigenvalue weighted by molar-refractivity contribution is -0.386. The van der Waals surface area contributed by atoms with E-state index in [1.807, 2.05) is 0 Å². The summed E-state index contributed by atoms with van der Waals surface area (Å²) in [6, 6.07) is 0.451. The fourth-order valence-corrected chi connectivity index (χ4v) is 1.40. The Balaban J connectivity index is 3.36. The summed E-state index contributed by atoms with van der Waals surface area (Å²) in [4.78, 5) is 24.4. The van der Waals surface area contributed by atoms with E-state index in [1.165, 1.54) is 0 Å². The molecule has 0 bridgehead atoms. The van der Waals surface area contributed by atoms with Gasteiger partial charge >= 0.3 is 18.0 Å². The first-order valence-electron chi connectivity index (χ1n) is 5.22. The number of hydrogen-bond acceptors (Lipinski definition) is 7. The summed E-state index contributed by atoms with van der Waals surface area (Å²) in [5, 5.41) is 10.9. The normalized spacial score (nSPS) is 10.9. The lowest BCUT2D eigenvalue weighted by Gasteiger charge is -2.12. The number of aromatic nitrogens is 1. The highest BCUT2D eigenvalue weighted by Gasteiger charge is 2.34. The predicted molar refractivity (Wildman–Crippen MR) is 59.8 cm³/mol. The molecule has 21 heavy (non-hydrogen) atoms. The van der Waals surface area contributed by atoms with Gasteiger partial charge in [-0.3, -0.25) is 14.9 Å². The van der Waals surface area contributed by atoms with Gasteiger partial charge in [0.15, 0.2) is 0 Å². The van der Waals surface area contributed by atoms with Gasteiger partial charge in [0, 0.05) is 0 Å². The number of alkyl halides is 3. The van der Waals surface area contributed by atoms with Crippen molar-refractivity contribution < 1.29 is 37.1 Å². The molecule has 0 unspecified atom stereocenters. The summed E-state index contributed by atoms with van der Waals surface area (Å²) < 4.78 is 49.1. The summed E-state index contributed by atoms with van der Waals surface area (Å²) in [6.45, 7) is 0. The monoisotopic (exact) mass is 310 g/mol. The number of esters is 1. The van der Waals surface area contributed by atoms with Crippen LogP contribution in [0, 0.1) is 10.1 Å². The molecule has 11 heteroatoms. The number of methoxy groups -OCH3 is 2. The van der Waals surface area contributed by atoms with Crippen LogP contribution in [0.15, 0.2) is 6.07 Å². The standard InChI is InChI=1S/C10H9F3N2O6/c1-19-8(16)3-5-9(20-2)6(15(17)18)4-7(14-5)21-10(11,12)13/h4H,3H2,1-2H3. The van der Waals surface area contributed by atoms with Crippen molar-refractivity contribution in [1.29, 1.82) is 0 Å². The zero-order valence-corrected chi connectivity index (χ0v) is 10.8. The van der Waals surface area contributed by atoms with Crippen molar-refractivity contribution in [2.75, 3.05) is 14.2 Å². The molecule has 0 amide bonds. The van der Waals surface area contributed by atoms with Gasteiger partial charge in [-0.2, -0.15) is 0 Å². The summed E-state index contributed by atoms with van der Waals surface area (Å²) in [7, 11) is 2.09. The van der Waals surface area contributed by atoms with Gasteiger partial charge in [0.05, 0.1) is 31.6 Å². The number of nitrogens with zero attached hydrogens (tertiary/aromatic N) is 2. The van der Waals surface area contributed by atoms with Crippen LogP contribution in [0.3, 0.4) is 0 Å². The van der Waals surface area contributed by atoms with Gasteiger partial charge in [0.2, 0.25) is 11.6 Å². The van der Waals surface area contributed by atoms with Crippen LogP contribution in [0.5, 0.6) is 11.6 Å². The average Bonchev–Trinajstić information content (AvgIpc) is 2.35. The van der Waals surface area contributed by atoms with Gasteiger partial charge in [0.1, 0.15) is 5.69 Å². The third kappa shape index (κ3) is 4.47. The maximum atomic E-state index is 12.2. The highest BCUT2D eigenvalue weighted by molar-refractivity contribution is 5.73. The number of carbonyl (C=O) groups is 1. The van der Waals surface area contributed by atoms with Crippen molar-refractivity contribution in [2.24, 2.45) is 0 Å². The van der Waals surface area contributed by atoms with E-state index in [-0.39, 0.29) is 0 Å². The van der Waals surface area contributed by atoms with Crippen molar-refractivity contribution in [1.82, 2.24) is 4.98 Å². The fourth-order valence-electron chi connectivity index (χ4n) is 1.40. The van der Waals surface area contributed by atoms with Gasteiger partial charge in [-0.25, -0.2) is 4.98 Å². The number of rotatable bonds is 5. The van der Waals surface area contributed by atoms with Gasteiger partial charge in [-0.15, -0.1) is 13.2 Å². The molecule has 1 aromatic rings. The quantitative estimate of drug-likeness (QED) is 0.462. The number of pyridine rings is 1. The van der Waals surface area contributed by atoms with Crippen molar-refractivity contribution in [2.45, 2.75) is 12.8 Å². The molecule has 1 rings (SSSR count). The van der Waals surface area contributed by atoms with Crippen LogP contribution in [0.2, 0.25) is 0 Å². The summed E-state index contributed by atoms with van der Waals surface area (Å²) in [6.07, 6.45) is -5.70. The molecule has 0 aliphatic carbocycles. The minimum absolute atomic E-state index is 0.405. The Morgan fingerprint density at radius 2 is 2.05 bits per heavy atom. The molecule has 0 fully saturated rings. The molecule has 1 heterocycles. The van der Waals surface area contributed by atoms with E-state index in [0.717, 1.165) is 14.2 Å². The van der Waals surface area contributed by atoms with Crippen molar-refractivity contribution in [3.63, 3.8) is 0 Å². The Bertz CT molecular complexity index is 560. The molecule has 0 saturated heterocycles. The Labute approximate surface area is 115 Å². The van der Waals surface area contributed by atoms with Gasteiger partial charge in [-0.05, 0) is 0 Å². The van der Waals surface area contributed by atoms with Crippen LogP contribution in [0.25, 0.3) is 0 Å². The zero-order chi connectivity index (χ0) is 16.2. The summed E-state index contributed by atoms with van der Waals surface area (Å²) in [5.41, 5.74) is -1.22. The van der Waals surface area contributed by atoms with E-state index in [9.17, 15) is 28.1 Å². The first-order chi connectivity index (χ1) is 9.67. The number of nitro groups is 1. The minimum Gasteiger partial charge on any atom is -0.489 e. The molecule has 116 valence electrons. The molecule has 8 nitrogen and oxygen atoms in total. The van der Waals surface area contributed by atoms with Crippen LogP contribution in [-0.4, -0.2) is 36.5 Å². The highest BCUT2D eigenvalue weighted by atomic mass is 19.4. The van der Waals surface area contributed by atoms with E-state index in [1.54, 1.807) is 0 Å². The Morgan fingerprint density at radius 1 is 1.43 bits per heavy atom. The second-order valence-corrected chi connectivity index (χ2v) is 3.52. The SMILES string of the molecule is COC(=O)Cc1nc(OC(F)(F)F)cc([N+](=O)[O-])c1OC. The number of hydrogen-bond donors (Lipinski definition) is 0. The van der Waals surface area contributed by atoms with Crippen molar-refractivity contribution in [3.8, 4) is 11.6 Å². The molecule has 0 aliphatic heterocycles. The Kier molecular flexibility index (Phi) is 4.89. The van der Waals surface area contributed by atoms with E-state index in [0.29, 0.717) is 6.07 Å². The number of ether oxygens (including phenoxy) is 3. The van der Waals surface area contributed by atoms with E-state index < -0.39 is 46.7 Å². The number of carbonyl (C=O) groups excluding carboxylic acids is 1. The first-order valence-corrected chi connectivity index (χ1v) is 5.22. The summed E-state index contributed by atoms with van der Waals surface area (Å²) >= 11 is 0. The van der Waals surface area contributed by atoms with Crippen LogP contribution in [0.4, 0.5) is 18.9 Å². The van der Waals surface area contributed by atoms with E-state index in [4.69, 9.17) is 4.74 Å². The smallest absolute Gasteiger partial charge is 0.489 e. The van der Waals surface area contributed by atoms with Crippen LogP contribution < -0.4 is 9.47 Å². The van der Waals surface area contributed by atoms with Crippen LogP contribution in [-0.2, 0) is 16.0 Å². The molecular weight excluding hydrogens is 301 g/mol. The van der Waals surface area contributed by atoms with Crippen molar-refractivity contribution >= 4 is 11.7 Å².